The number of anilines is 1. The number of oxime groups is 1. The Morgan fingerprint density at radius 1 is 1.40 bits per heavy atom. The molecule has 0 saturated carbocycles. The molecule has 17 nitrogen and oxygen atoms in total. The Morgan fingerprint density at radius 3 is 2.88 bits per heavy atom. The van der Waals surface area contributed by atoms with E-state index >= 15 is 0 Å². The molecule has 3 amide bonds. The Balaban J connectivity index is 1.44. The van der Waals surface area contributed by atoms with E-state index in [0.29, 0.717) is 11.6 Å². The molecule has 2 aliphatic heterocycles. The van der Waals surface area contributed by atoms with Crippen LogP contribution < -0.4 is 10.6 Å². The summed E-state index contributed by atoms with van der Waals surface area (Å²) in [6.45, 7) is 1.13. The van der Waals surface area contributed by atoms with E-state index in [1.165, 1.54) is 38.5 Å². The first-order chi connectivity index (χ1) is 19.2. The van der Waals surface area contributed by atoms with E-state index in [9.17, 15) is 29.1 Å². The summed E-state index contributed by atoms with van der Waals surface area (Å²) < 4.78 is 6.19. The predicted molar refractivity (Wildman–Crippen MR) is 140 cm³/mol. The minimum absolute atomic E-state index is 0.0378. The number of hydrogen-bond acceptors (Lipinski definition) is 15. The number of fused-ring (bicyclic) bond motifs is 1. The highest BCUT2D eigenvalue weighted by atomic mass is 32.2. The summed E-state index contributed by atoms with van der Waals surface area (Å²) in [6, 6.07) is -0.957. The first kappa shape index (κ1) is 29.2. The zero-order valence-electron chi connectivity index (χ0n) is 21.0. The highest BCUT2D eigenvalue weighted by molar-refractivity contribution is 8.00. The molecule has 214 valence electrons. The molecule has 4 rings (SSSR count). The quantitative estimate of drug-likeness (QED) is 0.0602. The van der Waals surface area contributed by atoms with Crippen LogP contribution in [0.25, 0.3) is 0 Å². The molecular formula is C20H23N9O8S3. The smallest absolute Gasteiger partial charge is 0.347 e. The van der Waals surface area contributed by atoms with Crippen LogP contribution in [0.5, 0.6) is 0 Å². The number of nitrogens with one attached hydrogen (secondary N) is 2. The topological polar surface area (TPSA) is 220 Å². The number of aryl methyl sites for hydroxylation is 1. The number of esters is 1. The number of ether oxygens (including phenoxy) is 1. The highest BCUT2D eigenvalue weighted by Crippen LogP contribution is 2.44. The molecule has 40 heavy (non-hydrogen) atoms. The maximum atomic E-state index is 13.2. The second kappa shape index (κ2) is 12.6. The van der Waals surface area contributed by atoms with Crippen LogP contribution in [0.15, 0.2) is 15.7 Å². The SMILES string of the molecule is CCOC(=O)CON=C(C(=O)NC1C(=O)N2CC(CSc3nnnn3C)(C(=O)O)CS[C@H]12)c1csc(NC=O)n1. The van der Waals surface area contributed by atoms with Crippen molar-refractivity contribution in [2.75, 3.05) is 36.6 Å². The zero-order valence-corrected chi connectivity index (χ0v) is 23.5. The van der Waals surface area contributed by atoms with Gasteiger partial charge in [-0.15, -0.1) is 28.2 Å². The van der Waals surface area contributed by atoms with Crippen molar-refractivity contribution < 1.29 is 38.7 Å². The molecule has 0 aromatic carbocycles. The summed E-state index contributed by atoms with van der Waals surface area (Å²) in [5.74, 6) is -2.73. The Hall–Kier alpha value is -3.78. The molecule has 2 aliphatic rings. The van der Waals surface area contributed by atoms with E-state index in [1.807, 2.05) is 0 Å². The third-order valence-electron chi connectivity index (χ3n) is 5.73. The second-order valence-electron chi connectivity index (χ2n) is 8.40. The fourth-order valence-corrected chi connectivity index (χ4v) is 7.08. The molecular weight excluding hydrogens is 590 g/mol. The van der Waals surface area contributed by atoms with Crippen LogP contribution >= 0.6 is 34.9 Å². The minimum Gasteiger partial charge on any atom is -0.481 e. The molecule has 4 heterocycles. The number of carboxylic acid groups (broad SMARTS) is 1. The number of thioether (sulfide) groups is 2. The fourth-order valence-electron chi connectivity index (χ4n) is 3.72. The van der Waals surface area contributed by atoms with Crippen LogP contribution in [-0.2, 0) is 40.6 Å². The summed E-state index contributed by atoms with van der Waals surface area (Å²) in [4.78, 5) is 71.3. The molecule has 3 N–H and O–H groups in total. The number of tetrazole rings is 1. The average molecular weight is 614 g/mol. The number of nitrogens with zero attached hydrogens (tertiary/aromatic N) is 7. The van der Waals surface area contributed by atoms with Crippen LogP contribution in [0.3, 0.4) is 0 Å². The number of carbonyl (C=O) groups excluding carboxylic acids is 4. The molecule has 3 atom stereocenters. The van der Waals surface area contributed by atoms with Crippen molar-refractivity contribution in [2.45, 2.75) is 23.5 Å². The van der Waals surface area contributed by atoms with Gasteiger partial charge >= 0.3 is 11.9 Å². The Labute approximate surface area is 238 Å². The molecule has 2 fully saturated rings. The molecule has 2 aromatic rings. The van der Waals surface area contributed by atoms with Crippen molar-refractivity contribution in [2.24, 2.45) is 17.6 Å². The van der Waals surface area contributed by atoms with Gasteiger partial charge in [0.05, 0.1) is 6.61 Å². The number of aliphatic carboxylic acids is 1. The molecule has 0 aliphatic carbocycles. The molecule has 0 spiro atoms. The van der Waals surface area contributed by atoms with Gasteiger partial charge in [-0.2, -0.15) is 0 Å². The van der Waals surface area contributed by atoms with Crippen molar-refractivity contribution in [1.29, 1.82) is 0 Å². The second-order valence-corrected chi connectivity index (χ2v) is 11.3. The summed E-state index contributed by atoms with van der Waals surface area (Å²) in [5, 5.41) is 31.4. The highest BCUT2D eigenvalue weighted by Gasteiger charge is 2.57. The summed E-state index contributed by atoms with van der Waals surface area (Å²) >= 11 is 3.43. The van der Waals surface area contributed by atoms with Gasteiger partial charge in [0.2, 0.25) is 24.1 Å². The molecule has 2 unspecified atom stereocenters. The van der Waals surface area contributed by atoms with Crippen molar-refractivity contribution in [1.82, 2.24) is 35.4 Å². The zero-order chi connectivity index (χ0) is 28.9. The van der Waals surface area contributed by atoms with E-state index in [0.717, 1.165) is 11.3 Å². The summed E-state index contributed by atoms with van der Waals surface area (Å²) in [5.41, 5.74) is -1.55. The van der Waals surface area contributed by atoms with E-state index in [2.05, 4.69) is 36.3 Å². The Morgan fingerprint density at radius 2 is 2.20 bits per heavy atom. The molecule has 2 aromatic heterocycles. The van der Waals surface area contributed by atoms with Gasteiger partial charge in [0, 0.05) is 30.5 Å². The van der Waals surface area contributed by atoms with Crippen LogP contribution in [0, 0.1) is 5.41 Å². The minimum atomic E-state index is -1.25. The first-order valence-electron chi connectivity index (χ1n) is 11.5. The monoisotopic (exact) mass is 613 g/mol. The lowest BCUT2D eigenvalue weighted by Crippen LogP contribution is -2.74. The molecule has 2 saturated heterocycles. The number of carbonyl (C=O) groups is 5. The Kier molecular flexibility index (Phi) is 9.20. The maximum Gasteiger partial charge on any atom is 0.347 e. The van der Waals surface area contributed by atoms with E-state index < -0.39 is 47.2 Å². The van der Waals surface area contributed by atoms with E-state index in [1.54, 1.807) is 14.0 Å². The summed E-state index contributed by atoms with van der Waals surface area (Å²) in [6.07, 6.45) is 0.415. The summed E-state index contributed by atoms with van der Waals surface area (Å²) in [7, 11) is 1.64. The van der Waals surface area contributed by atoms with E-state index in [-0.39, 0.29) is 41.2 Å². The number of carboxylic acids is 1. The normalized spacial score (nSPS) is 22.1. The van der Waals surface area contributed by atoms with Gasteiger partial charge in [-0.1, -0.05) is 16.9 Å². The number of amides is 3. The van der Waals surface area contributed by atoms with Gasteiger partial charge in [0.1, 0.15) is 22.5 Å². The number of rotatable bonds is 13. The first-order valence-corrected chi connectivity index (χ1v) is 14.4. The van der Waals surface area contributed by atoms with Gasteiger partial charge in [-0.3, -0.25) is 19.2 Å². The van der Waals surface area contributed by atoms with Crippen molar-refractivity contribution in [3.05, 3.63) is 11.1 Å². The third kappa shape index (κ3) is 6.17. The Bertz CT molecular complexity index is 1330. The van der Waals surface area contributed by atoms with Gasteiger partial charge in [0.15, 0.2) is 10.8 Å². The predicted octanol–water partition coefficient (Wildman–Crippen LogP) is -1.22. The lowest BCUT2D eigenvalue weighted by molar-refractivity contribution is -0.157. The number of hydrogen-bond donors (Lipinski definition) is 3. The van der Waals surface area contributed by atoms with Crippen LogP contribution in [0.2, 0.25) is 0 Å². The lowest BCUT2D eigenvalue weighted by Gasteiger charge is -2.53. The third-order valence-corrected chi connectivity index (χ3v) is 9.39. The fraction of sp³-hybridized carbons (Fsp3) is 0.500. The van der Waals surface area contributed by atoms with Crippen LogP contribution in [0.4, 0.5) is 5.13 Å². The largest absolute Gasteiger partial charge is 0.481 e. The lowest BCUT2D eigenvalue weighted by atomic mass is 9.89. The van der Waals surface area contributed by atoms with Crippen LogP contribution in [0.1, 0.15) is 12.6 Å². The standard InChI is InChI=1S/C20H23N9O8S3/c1-3-36-11(31)4-37-25-12(10-5-38-18(22-10)21-9-30)14(32)23-13-15(33)29-6-20(17(34)35,7-39-16(13)29)8-40-19-24-26-27-28(19)2/h5,9,13,16H,3-4,6-8H2,1-2H3,(H,23,32)(H,34,35)(H,21,22,30)/t13?,16-,20?/m1/s1. The molecule has 20 heteroatoms. The maximum absolute atomic E-state index is 13.2. The van der Waals surface area contributed by atoms with Crippen molar-refractivity contribution in [3.8, 4) is 0 Å². The number of aromatic nitrogens is 5. The van der Waals surface area contributed by atoms with E-state index in [4.69, 9.17) is 9.57 Å². The van der Waals surface area contributed by atoms with Crippen molar-refractivity contribution in [3.63, 3.8) is 0 Å². The average Bonchev–Trinajstić information content (AvgIpc) is 3.57. The van der Waals surface area contributed by atoms with Gasteiger partial charge in [-0.25, -0.2) is 14.5 Å². The molecule has 0 bridgehead atoms. The van der Waals surface area contributed by atoms with Gasteiger partial charge < -0.3 is 30.2 Å². The molecule has 0 radical (unpaired) electrons. The van der Waals surface area contributed by atoms with Crippen molar-refractivity contribution >= 4 is 75.9 Å². The van der Waals surface area contributed by atoms with Gasteiger partial charge in [-0.05, 0) is 17.4 Å². The number of β-lactam (4-membered cyclic amide) rings is 1. The van der Waals surface area contributed by atoms with Gasteiger partial charge in [0.25, 0.3) is 5.91 Å². The van der Waals surface area contributed by atoms with Crippen LogP contribution in [-0.4, -0.2) is 114 Å². The number of thiazole rings is 1.